The van der Waals surface area contributed by atoms with Crippen molar-refractivity contribution in [1.29, 1.82) is 0 Å². The van der Waals surface area contributed by atoms with E-state index in [9.17, 15) is 9.18 Å². The quantitative estimate of drug-likeness (QED) is 0.910. The van der Waals surface area contributed by atoms with Gasteiger partial charge >= 0.3 is 0 Å². The highest BCUT2D eigenvalue weighted by molar-refractivity contribution is 5.92. The van der Waals surface area contributed by atoms with Crippen LogP contribution in [0, 0.1) is 12.7 Å². The van der Waals surface area contributed by atoms with Crippen molar-refractivity contribution in [3.8, 4) is 5.75 Å². The van der Waals surface area contributed by atoms with Crippen LogP contribution < -0.4 is 10.1 Å². The second-order valence-electron chi connectivity index (χ2n) is 4.88. The summed E-state index contributed by atoms with van der Waals surface area (Å²) in [4.78, 5) is 12.0. The summed E-state index contributed by atoms with van der Waals surface area (Å²) >= 11 is 0. The fourth-order valence-electron chi connectivity index (χ4n) is 2.04. The van der Waals surface area contributed by atoms with E-state index in [1.807, 2.05) is 25.1 Å². The molecule has 0 heterocycles. The molecule has 0 saturated carbocycles. The molecular formula is C17H18FNO2. The minimum atomic E-state index is -0.271. The first-order valence-corrected chi connectivity index (χ1v) is 6.77. The zero-order chi connectivity index (χ0) is 15.2. The van der Waals surface area contributed by atoms with Gasteiger partial charge in [-0.1, -0.05) is 18.2 Å². The summed E-state index contributed by atoms with van der Waals surface area (Å²) in [5.74, 6) is 0.270. The zero-order valence-electron chi connectivity index (χ0n) is 12.2. The number of rotatable bonds is 5. The van der Waals surface area contributed by atoms with Crippen molar-refractivity contribution in [1.82, 2.24) is 0 Å². The van der Waals surface area contributed by atoms with Gasteiger partial charge in [0, 0.05) is 6.42 Å². The van der Waals surface area contributed by atoms with Crippen LogP contribution >= 0.6 is 0 Å². The molecule has 0 unspecified atom stereocenters. The first-order valence-electron chi connectivity index (χ1n) is 6.77. The van der Waals surface area contributed by atoms with Crippen molar-refractivity contribution in [2.75, 3.05) is 12.4 Å². The Morgan fingerprint density at radius 3 is 2.57 bits per heavy atom. The van der Waals surface area contributed by atoms with Crippen LogP contribution in [0.1, 0.15) is 17.5 Å². The molecule has 0 aliphatic carbocycles. The molecule has 2 aromatic rings. The number of benzene rings is 2. The van der Waals surface area contributed by atoms with Crippen LogP contribution in [0.5, 0.6) is 5.75 Å². The van der Waals surface area contributed by atoms with Gasteiger partial charge in [0.2, 0.25) is 5.91 Å². The van der Waals surface area contributed by atoms with E-state index in [1.165, 1.54) is 12.1 Å². The van der Waals surface area contributed by atoms with Gasteiger partial charge in [-0.3, -0.25) is 4.79 Å². The van der Waals surface area contributed by atoms with Crippen LogP contribution in [-0.4, -0.2) is 13.0 Å². The highest BCUT2D eigenvalue weighted by Crippen LogP contribution is 2.25. The summed E-state index contributed by atoms with van der Waals surface area (Å²) in [5, 5.41) is 2.85. The third-order valence-corrected chi connectivity index (χ3v) is 3.18. The summed E-state index contributed by atoms with van der Waals surface area (Å²) in [6, 6.07) is 11.8. The smallest absolute Gasteiger partial charge is 0.224 e. The van der Waals surface area contributed by atoms with Crippen LogP contribution in [0.2, 0.25) is 0 Å². The number of methoxy groups -OCH3 is 1. The Balaban J connectivity index is 1.95. The van der Waals surface area contributed by atoms with E-state index in [-0.39, 0.29) is 11.7 Å². The molecule has 1 N–H and O–H groups in total. The van der Waals surface area contributed by atoms with E-state index in [2.05, 4.69) is 5.32 Å². The lowest BCUT2D eigenvalue weighted by Gasteiger charge is -2.11. The van der Waals surface area contributed by atoms with Crippen LogP contribution in [0.25, 0.3) is 0 Å². The molecule has 4 heteroatoms. The second-order valence-corrected chi connectivity index (χ2v) is 4.88. The van der Waals surface area contributed by atoms with E-state index in [4.69, 9.17) is 4.74 Å². The maximum atomic E-state index is 12.8. The number of aryl methyl sites for hydroxylation is 2. The van der Waals surface area contributed by atoms with Crippen molar-refractivity contribution < 1.29 is 13.9 Å². The van der Waals surface area contributed by atoms with Gasteiger partial charge in [0.15, 0.2) is 0 Å². The van der Waals surface area contributed by atoms with Crippen LogP contribution in [0.15, 0.2) is 42.5 Å². The molecule has 0 radical (unpaired) electrons. The SMILES string of the molecule is COc1ccc(C)cc1NC(=O)CCc1ccc(F)cc1. The molecule has 0 aliphatic rings. The Bertz CT molecular complexity index is 623. The standard InChI is InChI=1S/C17H18FNO2/c1-12-3-9-16(21-2)15(11-12)19-17(20)10-6-13-4-7-14(18)8-5-13/h3-5,7-9,11H,6,10H2,1-2H3,(H,19,20). The predicted molar refractivity (Wildman–Crippen MR) is 81.1 cm³/mol. The number of hydrogen-bond donors (Lipinski definition) is 1. The van der Waals surface area contributed by atoms with Gasteiger partial charge in [0.05, 0.1) is 12.8 Å². The average Bonchev–Trinajstić information content (AvgIpc) is 2.47. The third-order valence-electron chi connectivity index (χ3n) is 3.18. The van der Waals surface area contributed by atoms with Crippen molar-refractivity contribution in [2.24, 2.45) is 0 Å². The van der Waals surface area contributed by atoms with Gasteiger partial charge in [-0.25, -0.2) is 4.39 Å². The molecule has 110 valence electrons. The largest absolute Gasteiger partial charge is 0.495 e. The molecule has 0 spiro atoms. The molecule has 21 heavy (non-hydrogen) atoms. The monoisotopic (exact) mass is 287 g/mol. The van der Waals surface area contributed by atoms with E-state index in [0.29, 0.717) is 24.3 Å². The van der Waals surface area contributed by atoms with Gasteiger partial charge in [0.1, 0.15) is 11.6 Å². The second kappa shape index (κ2) is 6.88. The van der Waals surface area contributed by atoms with Crippen LogP contribution in [-0.2, 0) is 11.2 Å². The van der Waals surface area contributed by atoms with Gasteiger partial charge in [-0.2, -0.15) is 0 Å². The van der Waals surface area contributed by atoms with E-state index >= 15 is 0 Å². The third kappa shape index (κ3) is 4.31. The normalized spacial score (nSPS) is 10.2. The Morgan fingerprint density at radius 2 is 1.90 bits per heavy atom. The summed E-state index contributed by atoms with van der Waals surface area (Å²) in [7, 11) is 1.57. The molecule has 0 saturated heterocycles. The number of anilines is 1. The molecule has 2 rings (SSSR count). The number of hydrogen-bond acceptors (Lipinski definition) is 2. The van der Waals surface area contributed by atoms with E-state index < -0.39 is 0 Å². The highest BCUT2D eigenvalue weighted by atomic mass is 19.1. The number of nitrogens with one attached hydrogen (secondary N) is 1. The number of ether oxygens (including phenoxy) is 1. The van der Waals surface area contributed by atoms with Crippen LogP contribution in [0.3, 0.4) is 0 Å². The molecule has 3 nitrogen and oxygen atoms in total. The average molecular weight is 287 g/mol. The maximum absolute atomic E-state index is 12.8. The minimum absolute atomic E-state index is 0.0942. The number of halogens is 1. The fourth-order valence-corrected chi connectivity index (χ4v) is 2.04. The lowest BCUT2D eigenvalue weighted by molar-refractivity contribution is -0.116. The van der Waals surface area contributed by atoms with Gasteiger partial charge in [-0.15, -0.1) is 0 Å². The summed E-state index contributed by atoms with van der Waals surface area (Å²) in [6.07, 6.45) is 0.906. The summed E-state index contributed by atoms with van der Waals surface area (Å²) in [5.41, 5.74) is 2.65. The molecule has 0 bridgehead atoms. The van der Waals surface area contributed by atoms with E-state index in [0.717, 1.165) is 11.1 Å². The Morgan fingerprint density at radius 1 is 1.19 bits per heavy atom. The highest BCUT2D eigenvalue weighted by Gasteiger charge is 2.08. The number of amides is 1. The van der Waals surface area contributed by atoms with Gasteiger partial charge < -0.3 is 10.1 Å². The topological polar surface area (TPSA) is 38.3 Å². The zero-order valence-corrected chi connectivity index (χ0v) is 12.2. The summed E-state index contributed by atoms with van der Waals surface area (Å²) < 4.78 is 18.0. The molecule has 0 fully saturated rings. The fraction of sp³-hybridized carbons (Fsp3) is 0.235. The minimum Gasteiger partial charge on any atom is -0.495 e. The molecule has 0 aromatic heterocycles. The lowest BCUT2D eigenvalue weighted by Crippen LogP contribution is -2.13. The Kier molecular flexibility index (Phi) is 4.93. The first-order chi connectivity index (χ1) is 10.1. The van der Waals surface area contributed by atoms with Gasteiger partial charge in [0.25, 0.3) is 0 Å². The van der Waals surface area contributed by atoms with Crippen molar-refractivity contribution in [2.45, 2.75) is 19.8 Å². The van der Waals surface area contributed by atoms with Crippen molar-refractivity contribution >= 4 is 11.6 Å². The number of carbonyl (C=O) groups is 1. The first kappa shape index (κ1) is 15.0. The van der Waals surface area contributed by atoms with E-state index in [1.54, 1.807) is 19.2 Å². The van der Waals surface area contributed by atoms with Crippen LogP contribution in [0.4, 0.5) is 10.1 Å². The summed E-state index contributed by atoms with van der Waals surface area (Å²) in [6.45, 7) is 1.95. The predicted octanol–water partition coefficient (Wildman–Crippen LogP) is 3.71. The molecule has 0 aliphatic heterocycles. The molecular weight excluding hydrogens is 269 g/mol. The molecule has 1 amide bonds. The Hall–Kier alpha value is -2.36. The lowest BCUT2D eigenvalue weighted by atomic mass is 10.1. The van der Waals surface area contributed by atoms with Gasteiger partial charge in [-0.05, 0) is 48.7 Å². The molecule has 2 aromatic carbocycles. The number of carbonyl (C=O) groups excluding carboxylic acids is 1. The van der Waals surface area contributed by atoms with Crippen molar-refractivity contribution in [3.05, 3.63) is 59.4 Å². The van der Waals surface area contributed by atoms with Crippen molar-refractivity contribution in [3.63, 3.8) is 0 Å². The maximum Gasteiger partial charge on any atom is 0.224 e. The Labute approximate surface area is 123 Å². The molecule has 0 atom stereocenters.